The van der Waals surface area contributed by atoms with Crippen molar-refractivity contribution in [1.29, 1.82) is 0 Å². The van der Waals surface area contributed by atoms with Crippen LogP contribution in [0.2, 0.25) is 5.02 Å². The van der Waals surface area contributed by atoms with Crippen molar-refractivity contribution in [1.82, 2.24) is 0 Å². The second-order valence-electron chi connectivity index (χ2n) is 4.74. The molecule has 0 spiro atoms. The van der Waals surface area contributed by atoms with Gasteiger partial charge in [0, 0.05) is 16.9 Å². The predicted molar refractivity (Wildman–Crippen MR) is 66.2 cm³/mol. The summed E-state index contributed by atoms with van der Waals surface area (Å²) in [4.78, 5) is 0. The molecule has 78 valence electrons. The van der Waals surface area contributed by atoms with E-state index in [0.29, 0.717) is 11.8 Å². The lowest BCUT2D eigenvalue weighted by Gasteiger charge is -2.18. The SMILES string of the molecule is Clc1ccc2c(c1)C1CC2c2ccccc21. The molecule has 2 aromatic carbocycles. The molecule has 0 aromatic heterocycles. The first-order chi connectivity index (χ1) is 7.84. The van der Waals surface area contributed by atoms with Gasteiger partial charge in [0.2, 0.25) is 0 Å². The number of hydrogen-bond acceptors (Lipinski definition) is 0. The second kappa shape index (κ2) is 2.89. The van der Waals surface area contributed by atoms with Crippen LogP contribution in [-0.4, -0.2) is 0 Å². The van der Waals surface area contributed by atoms with E-state index in [2.05, 4.69) is 36.4 Å². The Hall–Kier alpha value is -1.27. The fourth-order valence-corrected chi connectivity index (χ4v) is 3.57. The molecule has 0 fully saturated rings. The van der Waals surface area contributed by atoms with E-state index in [0.717, 1.165) is 5.02 Å². The predicted octanol–water partition coefficient (Wildman–Crippen LogP) is 4.32. The van der Waals surface area contributed by atoms with Crippen LogP contribution in [0.3, 0.4) is 0 Å². The van der Waals surface area contributed by atoms with Gasteiger partial charge in [-0.25, -0.2) is 0 Å². The van der Waals surface area contributed by atoms with Crippen LogP contribution in [0.25, 0.3) is 0 Å². The van der Waals surface area contributed by atoms with Gasteiger partial charge in [-0.15, -0.1) is 0 Å². The molecule has 0 saturated heterocycles. The zero-order chi connectivity index (χ0) is 10.7. The third-order valence-corrected chi connectivity index (χ3v) is 4.25. The molecule has 16 heavy (non-hydrogen) atoms. The molecule has 0 heterocycles. The van der Waals surface area contributed by atoms with E-state index in [1.807, 2.05) is 6.07 Å². The van der Waals surface area contributed by atoms with Crippen molar-refractivity contribution in [2.75, 3.05) is 0 Å². The first-order valence-electron chi connectivity index (χ1n) is 5.73. The van der Waals surface area contributed by atoms with Crippen molar-refractivity contribution in [3.63, 3.8) is 0 Å². The minimum atomic E-state index is 0.592. The Morgan fingerprint density at radius 3 is 2.19 bits per heavy atom. The first-order valence-corrected chi connectivity index (χ1v) is 6.10. The maximum absolute atomic E-state index is 6.09. The topological polar surface area (TPSA) is 0 Å². The summed E-state index contributed by atoms with van der Waals surface area (Å²) in [5, 5.41) is 0.865. The van der Waals surface area contributed by atoms with Crippen LogP contribution in [0, 0.1) is 0 Å². The molecule has 2 aromatic rings. The van der Waals surface area contributed by atoms with Gasteiger partial charge in [-0.2, -0.15) is 0 Å². The highest BCUT2D eigenvalue weighted by atomic mass is 35.5. The van der Waals surface area contributed by atoms with Gasteiger partial charge in [-0.1, -0.05) is 41.9 Å². The lowest BCUT2D eigenvalue weighted by Crippen LogP contribution is -2.02. The lowest BCUT2D eigenvalue weighted by molar-refractivity contribution is 0.796. The van der Waals surface area contributed by atoms with E-state index in [9.17, 15) is 0 Å². The summed E-state index contributed by atoms with van der Waals surface area (Å²) in [7, 11) is 0. The van der Waals surface area contributed by atoms with Gasteiger partial charge in [0.25, 0.3) is 0 Å². The standard InChI is InChI=1S/C15H11Cl/c16-9-5-6-12-13(7-9)15-8-14(12)10-3-1-2-4-11(10)15/h1-7,14-15H,8H2. The Labute approximate surface area is 99.9 Å². The van der Waals surface area contributed by atoms with E-state index in [-0.39, 0.29) is 0 Å². The smallest absolute Gasteiger partial charge is 0.0409 e. The van der Waals surface area contributed by atoms with Crippen molar-refractivity contribution < 1.29 is 0 Å². The van der Waals surface area contributed by atoms with Crippen LogP contribution in [0.1, 0.15) is 40.5 Å². The molecule has 2 aliphatic rings. The van der Waals surface area contributed by atoms with Gasteiger partial charge in [0.1, 0.15) is 0 Å². The molecule has 4 rings (SSSR count). The number of hydrogen-bond donors (Lipinski definition) is 0. The molecule has 2 bridgehead atoms. The molecule has 0 amide bonds. The molecule has 2 aliphatic carbocycles. The molecule has 0 radical (unpaired) electrons. The maximum Gasteiger partial charge on any atom is 0.0409 e. The highest BCUT2D eigenvalue weighted by molar-refractivity contribution is 6.30. The fraction of sp³-hybridized carbons (Fsp3) is 0.200. The van der Waals surface area contributed by atoms with Crippen LogP contribution in [-0.2, 0) is 0 Å². The third-order valence-electron chi connectivity index (χ3n) is 4.02. The summed E-state index contributed by atoms with van der Waals surface area (Å²) >= 11 is 6.09. The molecule has 1 heteroatoms. The minimum Gasteiger partial charge on any atom is -0.0843 e. The van der Waals surface area contributed by atoms with Crippen LogP contribution >= 0.6 is 11.6 Å². The van der Waals surface area contributed by atoms with E-state index >= 15 is 0 Å². The summed E-state index contributed by atoms with van der Waals surface area (Å²) in [6.07, 6.45) is 1.25. The Morgan fingerprint density at radius 1 is 0.812 bits per heavy atom. The monoisotopic (exact) mass is 226 g/mol. The lowest BCUT2D eigenvalue weighted by atomic mass is 9.86. The van der Waals surface area contributed by atoms with Crippen molar-refractivity contribution in [3.05, 3.63) is 69.7 Å². The van der Waals surface area contributed by atoms with E-state index in [1.54, 1.807) is 0 Å². The molecule has 2 unspecified atom stereocenters. The molecule has 0 nitrogen and oxygen atoms in total. The van der Waals surface area contributed by atoms with Crippen molar-refractivity contribution >= 4 is 11.6 Å². The van der Waals surface area contributed by atoms with Gasteiger partial charge in [0.15, 0.2) is 0 Å². The average molecular weight is 227 g/mol. The van der Waals surface area contributed by atoms with Crippen LogP contribution in [0.5, 0.6) is 0 Å². The summed E-state index contributed by atoms with van der Waals surface area (Å²) in [6.45, 7) is 0. The van der Waals surface area contributed by atoms with Gasteiger partial charge >= 0.3 is 0 Å². The van der Waals surface area contributed by atoms with E-state index < -0.39 is 0 Å². The van der Waals surface area contributed by atoms with Gasteiger partial charge in [-0.05, 0) is 40.8 Å². The van der Waals surface area contributed by atoms with Crippen LogP contribution < -0.4 is 0 Å². The normalized spacial score (nSPS) is 24.3. The van der Waals surface area contributed by atoms with E-state index in [4.69, 9.17) is 11.6 Å². The van der Waals surface area contributed by atoms with E-state index in [1.165, 1.54) is 28.7 Å². The maximum atomic E-state index is 6.09. The third kappa shape index (κ3) is 0.959. The quantitative estimate of drug-likeness (QED) is 0.628. The molecule has 0 saturated carbocycles. The molecule has 0 N–H and O–H groups in total. The number of rotatable bonds is 0. The number of benzene rings is 2. The summed E-state index contributed by atoms with van der Waals surface area (Å²) in [5.74, 6) is 1.21. The Kier molecular flexibility index (Phi) is 1.60. The van der Waals surface area contributed by atoms with Gasteiger partial charge in [-0.3, -0.25) is 0 Å². The molecular formula is C15H11Cl. The molecule has 2 atom stereocenters. The Balaban J connectivity index is 1.99. The highest BCUT2D eigenvalue weighted by Crippen LogP contribution is 2.56. The molecule has 0 aliphatic heterocycles. The van der Waals surface area contributed by atoms with Crippen molar-refractivity contribution in [2.24, 2.45) is 0 Å². The Morgan fingerprint density at radius 2 is 1.44 bits per heavy atom. The molecular weight excluding hydrogens is 216 g/mol. The first kappa shape index (κ1) is 8.83. The summed E-state index contributed by atoms with van der Waals surface area (Å²) < 4.78 is 0. The fourth-order valence-electron chi connectivity index (χ4n) is 3.39. The summed E-state index contributed by atoms with van der Waals surface area (Å²) in [6, 6.07) is 15.2. The summed E-state index contributed by atoms with van der Waals surface area (Å²) in [5.41, 5.74) is 5.99. The zero-order valence-corrected chi connectivity index (χ0v) is 9.54. The second-order valence-corrected chi connectivity index (χ2v) is 5.18. The Bertz CT molecular complexity index is 586. The average Bonchev–Trinajstić information content (AvgIpc) is 2.85. The minimum absolute atomic E-state index is 0.592. The van der Waals surface area contributed by atoms with Gasteiger partial charge in [0.05, 0.1) is 0 Å². The number of halogens is 1. The van der Waals surface area contributed by atoms with Crippen LogP contribution in [0.15, 0.2) is 42.5 Å². The van der Waals surface area contributed by atoms with Crippen molar-refractivity contribution in [3.8, 4) is 0 Å². The zero-order valence-electron chi connectivity index (χ0n) is 8.78. The van der Waals surface area contributed by atoms with Crippen LogP contribution in [0.4, 0.5) is 0 Å². The highest BCUT2D eigenvalue weighted by Gasteiger charge is 2.40. The largest absolute Gasteiger partial charge is 0.0843 e. The van der Waals surface area contributed by atoms with Gasteiger partial charge < -0.3 is 0 Å². The number of fused-ring (bicyclic) bond motifs is 8. The van der Waals surface area contributed by atoms with Crippen molar-refractivity contribution in [2.45, 2.75) is 18.3 Å².